The van der Waals surface area contributed by atoms with Crippen LogP contribution in [-0.2, 0) is 6.54 Å². The molecule has 0 bridgehead atoms. The minimum atomic E-state index is 0.0816. The highest BCUT2D eigenvalue weighted by molar-refractivity contribution is 7.10. The van der Waals surface area contributed by atoms with Crippen molar-refractivity contribution in [2.45, 2.75) is 45.2 Å². The Bertz CT molecular complexity index is 861. The van der Waals surface area contributed by atoms with Gasteiger partial charge in [-0.1, -0.05) is 12.1 Å². The second-order valence-electron chi connectivity index (χ2n) is 8.09. The maximum Gasteiger partial charge on any atom is 0.250 e. The highest BCUT2D eigenvalue weighted by atomic mass is 32.1. The van der Waals surface area contributed by atoms with Crippen LogP contribution in [0, 0.1) is 12.8 Å². The Morgan fingerprint density at radius 1 is 1.23 bits per heavy atom. The van der Waals surface area contributed by atoms with Crippen LogP contribution in [0.25, 0.3) is 0 Å². The van der Waals surface area contributed by atoms with E-state index in [9.17, 15) is 4.79 Å². The van der Waals surface area contributed by atoms with Crippen LogP contribution < -0.4 is 16.2 Å². The molecular formula is C23H35N5OS. The van der Waals surface area contributed by atoms with Crippen LogP contribution in [0.5, 0.6) is 0 Å². The zero-order valence-electron chi connectivity index (χ0n) is 18.4. The van der Waals surface area contributed by atoms with Crippen LogP contribution in [-0.4, -0.2) is 49.2 Å². The van der Waals surface area contributed by atoms with Gasteiger partial charge in [0.05, 0.1) is 0 Å². The molecule has 0 amide bonds. The summed E-state index contributed by atoms with van der Waals surface area (Å²) in [5.74, 6) is 1.44. The van der Waals surface area contributed by atoms with E-state index < -0.39 is 0 Å². The van der Waals surface area contributed by atoms with Crippen LogP contribution in [0.15, 0.2) is 45.5 Å². The minimum absolute atomic E-state index is 0.0816. The molecule has 1 aliphatic rings. The molecule has 30 heavy (non-hydrogen) atoms. The molecule has 6 nitrogen and oxygen atoms in total. The molecule has 2 aromatic rings. The number of hydrogen-bond donors (Lipinski definition) is 2. The van der Waals surface area contributed by atoms with Crippen molar-refractivity contribution < 1.29 is 0 Å². The highest BCUT2D eigenvalue weighted by Gasteiger charge is 2.31. The van der Waals surface area contributed by atoms with Crippen LogP contribution in [0.4, 0.5) is 0 Å². The normalized spacial score (nSPS) is 20.3. The lowest BCUT2D eigenvalue weighted by Gasteiger charge is -2.39. The van der Waals surface area contributed by atoms with Gasteiger partial charge < -0.3 is 15.2 Å². The summed E-state index contributed by atoms with van der Waals surface area (Å²) in [5, 5.41) is 9.14. The minimum Gasteiger partial charge on any atom is -0.356 e. The first kappa shape index (κ1) is 22.6. The Kier molecular flexibility index (Phi) is 8.51. The van der Waals surface area contributed by atoms with Crippen molar-refractivity contribution in [2.24, 2.45) is 10.9 Å². The van der Waals surface area contributed by atoms with Crippen molar-refractivity contribution in [2.75, 3.05) is 33.7 Å². The van der Waals surface area contributed by atoms with E-state index in [1.807, 2.05) is 42.0 Å². The monoisotopic (exact) mass is 429 g/mol. The predicted octanol–water partition coefficient (Wildman–Crippen LogP) is 3.25. The molecule has 1 aliphatic heterocycles. The molecule has 164 valence electrons. The van der Waals surface area contributed by atoms with Gasteiger partial charge in [-0.15, -0.1) is 11.3 Å². The lowest BCUT2D eigenvalue weighted by atomic mass is 9.88. The van der Waals surface area contributed by atoms with Crippen LogP contribution in [0.3, 0.4) is 0 Å². The van der Waals surface area contributed by atoms with Gasteiger partial charge in [-0.25, -0.2) is 0 Å². The molecule has 2 atom stereocenters. The number of unbranched alkanes of at least 4 members (excludes halogenated alkanes) is 1. The number of aliphatic imine (C=N–C) groups is 1. The summed E-state index contributed by atoms with van der Waals surface area (Å²) in [7, 11) is 4.06. The van der Waals surface area contributed by atoms with E-state index >= 15 is 0 Å². The van der Waals surface area contributed by atoms with Gasteiger partial charge in [0, 0.05) is 49.4 Å². The molecule has 0 radical (unpaired) electrons. The van der Waals surface area contributed by atoms with Gasteiger partial charge in [-0.05, 0) is 69.6 Å². The van der Waals surface area contributed by atoms with Gasteiger partial charge in [-0.2, -0.15) is 0 Å². The summed E-state index contributed by atoms with van der Waals surface area (Å²) >= 11 is 1.86. The summed E-state index contributed by atoms with van der Waals surface area (Å²) in [6.45, 7) is 5.67. The van der Waals surface area contributed by atoms with Crippen molar-refractivity contribution in [3.63, 3.8) is 0 Å². The Balaban J connectivity index is 1.43. The molecular weight excluding hydrogens is 394 g/mol. The zero-order valence-corrected chi connectivity index (χ0v) is 19.3. The molecule has 3 heterocycles. The fraction of sp³-hybridized carbons (Fsp3) is 0.565. The van der Waals surface area contributed by atoms with Crippen molar-refractivity contribution in [1.29, 1.82) is 0 Å². The first-order chi connectivity index (χ1) is 14.6. The average Bonchev–Trinajstić information content (AvgIpc) is 3.26. The van der Waals surface area contributed by atoms with E-state index in [-0.39, 0.29) is 5.56 Å². The third-order valence-electron chi connectivity index (χ3n) is 5.97. The zero-order chi connectivity index (χ0) is 21.3. The van der Waals surface area contributed by atoms with E-state index in [1.165, 1.54) is 17.7 Å². The molecule has 1 saturated heterocycles. The Morgan fingerprint density at radius 2 is 2.10 bits per heavy atom. The van der Waals surface area contributed by atoms with Crippen molar-refractivity contribution >= 4 is 17.3 Å². The number of aryl methyl sites for hydroxylation is 1. The molecule has 2 unspecified atom stereocenters. The summed E-state index contributed by atoms with van der Waals surface area (Å²) in [6.07, 6.45) is 4.44. The number of nitrogens with one attached hydrogen (secondary N) is 2. The number of rotatable bonds is 8. The van der Waals surface area contributed by atoms with E-state index in [2.05, 4.69) is 45.1 Å². The van der Waals surface area contributed by atoms with E-state index in [0.29, 0.717) is 12.0 Å². The molecule has 7 heteroatoms. The standard InChI is InChI=1S/C23H35N5OS/c1-18-9-6-12-21(29)28(18)15-5-4-13-25-23(24-2)26-17-19-10-7-14-27(3)22(19)20-11-8-16-30-20/h6,8-9,11-12,16,19,22H,4-5,7,10,13-15,17H2,1-3H3,(H2,24,25,26). The Hall–Kier alpha value is -2.12. The van der Waals surface area contributed by atoms with Crippen LogP contribution >= 0.6 is 11.3 Å². The fourth-order valence-electron chi connectivity index (χ4n) is 4.34. The molecule has 1 fully saturated rings. The maximum atomic E-state index is 11.9. The topological polar surface area (TPSA) is 61.7 Å². The van der Waals surface area contributed by atoms with Gasteiger partial charge in [0.15, 0.2) is 5.96 Å². The number of piperidine rings is 1. The average molecular weight is 430 g/mol. The predicted molar refractivity (Wildman–Crippen MR) is 126 cm³/mol. The fourth-order valence-corrected chi connectivity index (χ4v) is 5.33. The van der Waals surface area contributed by atoms with Gasteiger partial charge in [0.1, 0.15) is 0 Å². The smallest absolute Gasteiger partial charge is 0.250 e. The van der Waals surface area contributed by atoms with E-state index in [0.717, 1.165) is 50.7 Å². The molecule has 0 aromatic carbocycles. The molecule has 3 rings (SSSR count). The number of aromatic nitrogens is 1. The number of nitrogens with zero attached hydrogens (tertiary/aromatic N) is 3. The SMILES string of the molecule is CN=C(NCCCCn1c(C)cccc1=O)NCC1CCCN(C)C1c1cccs1. The molecule has 0 spiro atoms. The van der Waals surface area contributed by atoms with Gasteiger partial charge in [0.2, 0.25) is 0 Å². The lowest BCUT2D eigenvalue weighted by molar-refractivity contribution is 0.125. The summed E-state index contributed by atoms with van der Waals surface area (Å²) in [6, 6.07) is 10.3. The second-order valence-corrected chi connectivity index (χ2v) is 9.07. The van der Waals surface area contributed by atoms with Crippen molar-refractivity contribution in [3.8, 4) is 0 Å². The number of thiophene rings is 1. The number of hydrogen-bond acceptors (Lipinski definition) is 4. The van der Waals surface area contributed by atoms with Gasteiger partial charge in [0.25, 0.3) is 5.56 Å². The van der Waals surface area contributed by atoms with E-state index in [1.54, 1.807) is 6.07 Å². The molecule has 0 aliphatic carbocycles. The van der Waals surface area contributed by atoms with Crippen LogP contribution in [0.2, 0.25) is 0 Å². The lowest BCUT2D eigenvalue weighted by Crippen LogP contribution is -2.45. The molecule has 2 aromatic heterocycles. The van der Waals surface area contributed by atoms with Gasteiger partial charge in [-0.3, -0.25) is 14.7 Å². The Labute approximate surface area is 184 Å². The van der Waals surface area contributed by atoms with Crippen molar-refractivity contribution in [1.82, 2.24) is 20.1 Å². The van der Waals surface area contributed by atoms with E-state index in [4.69, 9.17) is 0 Å². The summed E-state index contributed by atoms with van der Waals surface area (Å²) in [4.78, 5) is 20.3. The summed E-state index contributed by atoms with van der Waals surface area (Å²) in [5.41, 5.74) is 1.10. The van der Waals surface area contributed by atoms with Crippen molar-refractivity contribution in [3.05, 3.63) is 56.6 Å². The third kappa shape index (κ3) is 5.95. The quantitative estimate of drug-likeness (QED) is 0.384. The molecule has 2 N–H and O–H groups in total. The van der Waals surface area contributed by atoms with Gasteiger partial charge >= 0.3 is 0 Å². The third-order valence-corrected chi connectivity index (χ3v) is 6.91. The Morgan fingerprint density at radius 3 is 2.83 bits per heavy atom. The second kappa shape index (κ2) is 11.3. The largest absolute Gasteiger partial charge is 0.356 e. The number of guanidine groups is 1. The van der Waals surface area contributed by atoms with Crippen LogP contribution in [0.1, 0.15) is 42.3 Å². The molecule has 0 saturated carbocycles. The number of likely N-dealkylation sites (tertiary alicyclic amines) is 1. The summed E-state index contributed by atoms with van der Waals surface area (Å²) < 4.78 is 1.84. The first-order valence-electron chi connectivity index (χ1n) is 10.9. The maximum absolute atomic E-state index is 11.9. The first-order valence-corrected chi connectivity index (χ1v) is 11.8. The highest BCUT2D eigenvalue weighted by Crippen LogP contribution is 2.36. The number of pyridine rings is 1.